The van der Waals surface area contributed by atoms with Gasteiger partial charge in [0, 0.05) is 11.0 Å². The van der Waals surface area contributed by atoms with Gasteiger partial charge in [-0.15, -0.1) is 0 Å². The van der Waals surface area contributed by atoms with Crippen molar-refractivity contribution < 1.29 is 4.74 Å². The van der Waals surface area contributed by atoms with Crippen molar-refractivity contribution in [3.05, 3.63) is 33.8 Å². The van der Waals surface area contributed by atoms with E-state index in [0.717, 1.165) is 23.5 Å². The maximum Gasteiger partial charge on any atom is 0.0731 e. The predicted molar refractivity (Wildman–Crippen MR) is 83.1 cm³/mol. The van der Waals surface area contributed by atoms with E-state index in [2.05, 4.69) is 46.4 Å². The van der Waals surface area contributed by atoms with Gasteiger partial charge in [0.05, 0.1) is 12.7 Å². The summed E-state index contributed by atoms with van der Waals surface area (Å²) in [6.07, 6.45) is 5.57. The van der Waals surface area contributed by atoms with Crippen LogP contribution in [0.25, 0.3) is 0 Å². The van der Waals surface area contributed by atoms with E-state index in [9.17, 15) is 0 Å². The maximum atomic E-state index is 6.07. The van der Waals surface area contributed by atoms with Gasteiger partial charge >= 0.3 is 0 Å². The minimum atomic E-state index is 0.452. The Bertz CT molecular complexity index is 408. The van der Waals surface area contributed by atoms with Gasteiger partial charge in [0.2, 0.25) is 0 Å². The summed E-state index contributed by atoms with van der Waals surface area (Å²) >= 11 is 3.65. The van der Waals surface area contributed by atoms with Gasteiger partial charge in [-0.2, -0.15) is 0 Å². The van der Waals surface area contributed by atoms with Crippen LogP contribution < -0.4 is 5.32 Å². The summed E-state index contributed by atoms with van der Waals surface area (Å²) in [5, 5.41) is 3.17. The van der Waals surface area contributed by atoms with Crippen molar-refractivity contribution >= 4 is 15.9 Å². The van der Waals surface area contributed by atoms with Crippen LogP contribution in [0.4, 0.5) is 0 Å². The number of benzene rings is 1. The summed E-state index contributed by atoms with van der Waals surface area (Å²) < 4.78 is 7.23. The van der Waals surface area contributed by atoms with Crippen LogP contribution in [-0.4, -0.2) is 13.2 Å². The van der Waals surface area contributed by atoms with Crippen LogP contribution in [0, 0.1) is 5.92 Å². The largest absolute Gasteiger partial charge is 0.373 e. The van der Waals surface area contributed by atoms with E-state index in [1.54, 1.807) is 0 Å². The first-order valence-corrected chi connectivity index (χ1v) is 8.02. The summed E-state index contributed by atoms with van der Waals surface area (Å²) in [5.41, 5.74) is 2.54. The molecule has 19 heavy (non-hydrogen) atoms. The number of hydrogen-bond donors (Lipinski definition) is 1. The molecule has 0 amide bonds. The third-order valence-corrected chi connectivity index (χ3v) is 4.60. The van der Waals surface area contributed by atoms with Crippen molar-refractivity contribution in [3.8, 4) is 0 Å². The Morgan fingerprint density at radius 2 is 2.21 bits per heavy atom. The van der Waals surface area contributed by atoms with Gasteiger partial charge in [0.25, 0.3) is 0 Å². The quantitative estimate of drug-likeness (QED) is 0.873. The molecule has 2 unspecified atom stereocenters. The van der Waals surface area contributed by atoms with E-state index in [1.165, 1.54) is 36.8 Å². The zero-order valence-corrected chi connectivity index (χ0v) is 13.5. The molecule has 0 aliphatic heterocycles. The predicted octanol–water partition coefficient (Wildman–Crippen LogP) is 4.26. The summed E-state index contributed by atoms with van der Waals surface area (Å²) in [4.78, 5) is 0. The smallest absolute Gasteiger partial charge is 0.0731 e. The lowest BCUT2D eigenvalue weighted by Crippen LogP contribution is -2.21. The fraction of sp³-hybridized carbons (Fsp3) is 0.625. The van der Waals surface area contributed by atoms with Gasteiger partial charge in [-0.05, 0) is 43.0 Å². The molecule has 0 radical (unpaired) electrons. The molecule has 1 aromatic carbocycles. The Kier molecular flexibility index (Phi) is 5.86. The number of halogens is 1. The molecular formula is C16H24BrNO. The lowest BCUT2D eigenvalue weighted by Gasteiger charge is -2.27. The Balaban J connectivity index is 1.88. The van der Waals surface area contributed by atoms with Crippen LogP contribution in [0.1, 0.15) is 43.7 Å². The molecule has 1 N–H and O–H groups in total. The van der Waals surface area contributed by atoms with Crippen LogP contribution in [-0.2, 0) is 17.9 Å². The standard InChI is InChI=1S/C16H24BrNO/c1-12-4-3-5-15(8-12)19-11-14-7-6-13(10-18-2)9-16(14)17/h6-7,9,12,15,18H,3-5,8,10-11H2,1-2H3. The van der Waals surface area contributed by atoms with E-state index in [-0.39, 0.29) is 0 Å². The monoisotopic (exact) mass is 325 g/mol. The molecule has 3 heteroatoms. The molecule has 2 nitrogen and oxygen atoms in total. The highest BCUT2D eigenvalue weighted by atomic mass is 79.9. The Morgan fingerprint density at radius 1 is 1.37 bits per heavy atom. The second kappa shape index (κ2) is 7.41. The van der Waals surface area contributed by atoms with Crippen LogP contribution in [0.15, 0.2) is 22.7 Å². The number of hydrogen-bond acceptors (Lipinski definition) is 2. The van der Waals surface area contributed by atoms with Crippen LogP contribution >= 0.6 is 15.9 Å². The molecule has 0 heterocycles. The van der Waals surface area contributed by atoms with Crippen molar-refractivity contribution in [3.63, 3.8) is 0 Å². The Morgan fingerprint density at radius 3 is 2.89 bits per heavy atom. The molecule has 1 aromatic rings. The molecule has 2 atom stereocenters. The Labute approximate surface area is 125 Å². The molecule has 0 aromatic heterocycles. The minimum absolute atomic E-state index is 0.452. The van der Waals surface area contributed by atoms with Gasteiger partial charge in [0.15, 0.2) is 0 Å². The van der Waals surface area contributed by atoms with Crippen molar-refractivity contribution in [2.45, 2.75) is 51.9 Å². The van der Waals surface area contributed by atoms with E-state index in [1.807, 2.05) is 7.05 Å². The fourth-order valence-electron chi connectivity index (χ4n) is 2.76. The van der Waals surface area contributed by atoms with Gasteiger partial charge in [0.1, 0.15) is 0 Å². The molecule has 1 saturated carbocycles. The summed E-state index contributed by atoms with van der Waals surface area (Å²) in [6.45, 7) is 3.95. The van der Waals surface area contributed by atoms with Crippen molar-refractivity contribution in [1.29, 1.82) is 0 Å². The minimum Gasteiger partial charge on any atom is -0.373 e. The second-order valence-electron chi connectivity index (χ2n) is 5.66. The molecule has 0 spiro atoms. The topological polar surface area (TPSA) is 21.3 Å². The molecule has 1 fully saturated rings. The second-order valence-corrected chi connectivity index (χ2v) is 6.52. The lowest BCUT2D eigenvalue weighted by atomic mass is 9.89. The molecule has 1 aliphatic carbocycles. The summed E-state index contributed by atoms with van der Waals surface area (Å²) in [6, 6.07) is 6.52. The zero-order valence-electron chi connectivity index (χ0n) is 11.9. The molecule has 0 saturated heterocycles. The van der Waals surface area contributed by atoms with Crippen LogP contribution in [0.3, 0.4) is 0 Å². The third kappa shape index (κ3) is 4.59. The van der Waals surface area contributed by atoms with Crippen molar-refractivity contribution in [1.82, 2.24) is 5.32 Å². The highest BCUT2D eigenvalue weighted by Crippen LogP contribution is 2.27. The van der Waals surface area contributed by atoms with Gasteiger partial charge < -0.3 is 10.1 Å². The van der Waals surface area contributed by atoms with Gasteiger partial charge in [-0.3, -0.25) is 0 Å². The highest BCUT2D eigenvalue weighted by Gasteiger charge is 2.19. The van der Waals surface area contributed by atoms with Crippen LogP contribution in [0.2, 0.25) is 0 Å². The zero-order chi connectivity index (χ0) is 13.7. The number of ether oxygens (including phenoxy) is 1. The number of nitrogens with one attached hydrogen (secondary N) is 1. The molecule has 1 aliphatic rings. The van der Waals surface area contributed by atoms with E-state index in [4.69, 9.17) is 4.74 Å². The molecular weight excluding hydrogens is 302 g/mol. The maximum absolute atomic E-state index is 6.07. The Hall–Kier alpha value is -0.380. The van der Waals surface area contributed by atoms with Crippen molar-refractivity contribution in [2.24, 2.45) is 5.92 Å². The van der Waals surface area contributed by atoms with Gasteiger partial charge in [-0.25, -0.2) is 0 Å². The fourth-order valence-corrected chi connectivity index (χ4v) is 3.30. The average molecular weight is 326 g/mol. The normalized spacial score (nSPS) is 23.5. The number of rotatable bonds is 5. The SMILES string of the molecule is CNCc1ccc(COC2CCCC(C)C2)c(Br)c1. The third-order valence-electron chi connectivity index (χ3n) is 3.86. The first-order valence-electron chi connectivity index (χ1n) is 7.22. The molecule has 0 bridgehead atoms. The lowest BCUT2D eigenvalue weighted by molar-refractivity contribution is 0.00443. The molecule has 106 valence electrons. The summed E-state index contributed by atoms with van der Waals surface area (Å²) in [5.74, 6) is 0.820. The first kappa shape index (κ1) is 15.0. The van der Waals surface area contributed by atoms with Gasteiger partial charge in [-0.1, -0.05) is 47.8 Å². The van der Waals surface area contributed by atoms with E-state index >= 15 is 0 Å². The van der Waals surface area contributed by atoms with E-state index in [0.29, 0.717) is 6.10 Å². The summed E-state index contributed by atoms with van der Waals surface area (Å²) in [7, 11) is 1.97. The average Bonchev–Trinajstić information content (AvgIpc) is 2.38. The van der Waals surface area contributed by atoms with Crippen LogP contribution in [0.5, 0.6) is 0 Å². The van der Waals surface area contributed by atoms with Crippen molar-refractivity contribution in [2.75, 3.05) is 7.05 Å². The first-order chi connectivity index (χ1) is 9.19. The molecule has 2 rings (SSSR count). The van der Waals surface area contributed by atoms with E-state index < -0.39 is 0 Å². The highest BCUT2D eigenvalue weighted by molar-refractivity contribution is 9.10.